The molecule has 1 aromatic rings. The summed E-state index contributed by atoms with van der Waals surface area (Å²) in [5.74, 6) is 0.339. The molecule has 2 aliphatic heterocycles. The Morgan fingerprint density at radius 2 is 2.04 bits per heavy atom. The first-order valence-electron chi connectivity index (χ1n) is 7.70. The Labute approximate surface area is 137 Å². The fourth-order valence-electron chi connectivity index (χ4n) is 3.34. The highest BCUT2D eigenvalue weighted by molar-refractivity contribution is 7.90. The van der Waals surface area contributed by atoms with Crippen molar-refractivity contribution in [2.24, 2.45) is 5.92 Å². The zero-order chi connectivity index (χ0) is 16.7. The van der Waals surface area contributed by atoms with E-state index in [0.717, 1.165) is 18.4 Å². The van der Waals surface area contributed by atoms with Crippen LogP contribution >= 0.6 is 0 Å². The lowest BCUT2D eigenvalue weighted by Crippen LogP contribution is -2.41. The highest BCUT2D eigenvalue weighted by Gasteiger charge is 2.34. The number of sulfone groups is 1. The van der Waals surface area contributed by atoms with Crippen LogP contribution in [0.25, 0.3) is 0 Å². The molecule has 23 heavy (non-hydrogen) atoms. The molecule has 1 aromatic carbocycles. The summed E-state index contributed by atoms with van der Waals surface area (Å²) in [4.78, 5) is 0.201. The van der Waals surface area contributed by atoms with Gasteiger partial charge in [-0.2, -0.15) is 4.31 Å². The second-order valence-electron chi connectivity index (χ2n) is 6.31. The van der Waals surface area contributed by atoms with Crippen molar-refractivity contribution >= 4 is 19.9 Å². The number of fused-ring (bicyclic) bond motifs is 1. The van der Waals surface area contributed by atoms with Crippen LogP contribution in [0.15, 0.2) is 23.1 Å². The topological polar surface area (TPSA) is 80.8 Å². The lowest BCUT2D eigenvalue weighted by atomic mass is 10.0. The zero-order valence-corrected chi connectivity index (χ0v) is 14.7. The second-order valence-corrected chi connectivity index (χ2v) is 10.4. The molecular formula is C15H21NO5S2. The number of benzene rings is 1. The molecule has 1 unspecified atom stereocenters. The summed E-state index contributed by atoms with van der Waals surface area (Å²) in [5.41, 5.74) is 0.913. The molecule has 0 bridgehead atoms. The fraction of sp³-hybridized carbons (Fsp3) is 0.600. The van der Waals surface area contributed by atoms with Crippen LogP contribution in [0.5, 0.6) is 5.75 Å². The normalized spacial score (nSPS) is 22.6. The quantitative estimate of drug-likeness (QED) is 0.803. The Bertz CT molecular complexity index is 801. The van der Waals surface area contributed by atoms with Gasteiger partial charge in [0.1, 0.15) is 20.5 Å². The van der Waals surface area contributed by atoms with Gasteiger partial charge in [0, 0.05) is 25.8 Å². The average Bonchev–Trinajstić information content (AvgIpc) is 2.93. The van der Waals surface area contributed by atoms with E-state index in [4.69, 9.17) is 4.74 Å². The predicted octanol–water partition coefficient (Wildman–Crippen LogP) is 1.07. The highest BCUT2D eigenvalue weighted by Crippen LogP contribution is 2.35. The summed E-state index contributed by atoms with van der Waals surface area (Å²) in [7, 11) is -6.78. The van der Waals surface area contributed by atoms with E-state index in [1.807, 2.05) is 6.07 Å². The van der Waals surface area contributed by atoms with Crippen LogP contribution in [0.4, 0.5) is 0 Å². The molecule has 2 heterocycles. The minimum Gasteiger partial charge on any atom is -0.492 e. The van der Waals surface area contributed by atoms with Crippen molar-refractivity contribution in [3.05, 3.63) is 23.8 Å². The summed E-state index contributed by atoms with van der Waals surface area (Å²) in [6.07, 6.45) is 3.32. The van der Waals surface area contributed by atoms with Crippen LogP contribution in [0, 0.1) is 5.92 Å². The van der Waals surface area contributed by atoms with Crippen LogP contribution < -0.4 is 4.74 Å². The largest absolute Gasteiger partial charge is 0.492 e. The number of rotatable bonds is 4. The average molecular weight is 359 g/mol. The third-order valence-electron chi connectivity index (χ3n) is 4.32. The third kappa shape index (κ3) is 3.54. The van der Waals surface area contributed by atoms with Gasteiger partial charge in [0.05, 0.1) is 12.4 Å². The Balaban J connectivity index is 1.87. The molecule has 2 aliphatic rings. The molecule has 1 fully saturated rings. The minimum absolute atomic E-state index is 0.0302. The van der Waals surface area contributed by atoms with E-state index >= 15 is 0 Å². The van der Waals surface area contributed by atoms with Gasteiger partial charge in [-0.05, 0) is 30.4 Å². The maximum atomic E-state index is 13.0. The van der Waals surface area contributed by atoms with Gasteiger partial charge < -0.3 is 4.74 Å². The van der Waals surface area contributed by atoms with Gasteiger partial charge in [-0.3, -0.25) is 0 Å². The lowest BCUT2D eigenvalue weighted by Gasteiger charge is -2.31. The van der Waals surface area contributed by atoms with Gasteiger partial charge in [0.25, 0.3) is 0 Å². The molecule has 3 rings (SSSR count). The molecule has 0 saturated carbocycles. The Kier molecular flexibility index (Phi) is 4.41. The molecule has 0 radical (unpaired) electrons. The predicted molar refractivity (Wildman–Crippen MR) is 86.8 cm³/mol. The SMILES string of the molecule is CS(=O)(=O)CC1CCCN(S(=O)(=O)c2cccc3c2OCC3)C1. The number of piperidine rings is 1. The second kappa shape index (κ2) is 6.07. The molecule has 128 valence electrons. The minimum atomic E-state index is -3.66. The fourth-order valence-corrected chi connectivity index (χ4v) is 6.19. The number of hydrogen-bond donors (Lipinski definition) is 0. The molecule has 6 nitrogen and oxygen atoms in total. The Morgan fingerprint density at radius 1 is 1.26 bits per heavy atom. The van der Waals surface area contributed by atoms with Crippen molar-refractivity contribution in [2.75, 3.05) is 31.7 Å². The molecule has 0 aliphatic carbocycles. The molecule has 1 atom stereocenters. The van der Waals surface area contributed by atoms with Gasteiger partial charge >= 0.3 is 0 Å². The maximum Gasteiger partial charge on any atom is 0.246 e. The first-order chi connectivity index (χ1) is 10.8. The lowest BCUT2D eigenvalue weighted by molar-refractivity contribution is 0.280. The van der Waals surface area contributed by atoms with Gasteiger partial charge in [-0.25, -0.2) is 16.8 Å². The molecule has 0 amide bonds. The number of hydrogen-bond acceptors (Lipinski definition) is 5. The van der Waals surface area contributed by atoms with Crippen LogP contribution in [-0.4, -0.2) is 52.8 Å². The molecule has 1 saturated heterocycles. The first kappa shape index (κ1) is 16.7. The van der Waals surface area contributed by atoms with Crippen molar-refractivity contribution < 1.29 is 21.6 Å². The monoisotopic (exact) mass is 359 g/mol. The molecule has 0 N–H and O–H groups in total. The standard InChI is InChI=1S/C15H21NO5S2/c1-22(17,18)11-12-4-3-8-16(10-12)23(19,20)14-6-2-5-13-7-9-21-15(13)14/h2,5-6,12H,3-4,7-11H2,1H3. The highest BCUT2D eigenvalue weighted by atomic mass is 32.2. The van der Waals surface area contributed by atoms with Gasteiger partial charge in [0.15, 0.2) is 0 Å². The maximum absolute atomic E-state index is 13.0. The summed E-state index contributed by atoms with van der Waals surface area (Å²) >= 11 is 0. The summed E-state index contributed by atoms with van der Waals surface area (Å²) < 4.78 is 55.8. The molecule has 0 aromatic heterocycles. The summed E-state index contributed by atoms with van der Waals surface area (Å²) in [6.45, 7) is 1.17. The van der Waals surface area contributed by atoms with Gasteiger partial charge in [-0.15, -0.1) is 0 Å². The van der Waals surface area contributed by atoms with Crippen molar-refractivity contribution in [2.45, 2.75) is 24.2 Å². The number of para-hydroxylation sites is 1. The number of ether oxygens (including phenoxy) is 1. The molecular weight excluding hydrogens is 338 g/mol. The van der Waals surface area contributed by atoms with Crippen molar-refractivity contribution in [1.82, 2.24) is 4.31 Å². The summed E-state index contributed by atoms with van der Waals surface area (Å²) in [6, 6.07) is 5.18. The van der Waals surface area contributed by atoms with Gasteiger partial charge in [-0.1, -0.05) is 12.1 Å². The van der Waals surface area contributed by atoms with E-state index in [1.165, 1.54) is 10.6 Å². The summed E-state index contributed by atoms with van der Waals surface area (Å²) in [5, 5.41) is 0. The Hall–Kier alpha value is -1.12. The zero-order valence-electron chi connectivity index (χ0n) is 13.1. The van der Waals surface area contributed by atoms with Gasteiger partial charge in [0.2, 0.25) is 10.0 Å². The van der Waals surface area contributed by atoms with E-state index in [0.29, 0.717) is 25.3 Å². The van der Waals surface area contributed by atoms with Crippen molar-refractivity contribution in [3.63, 3.8) is 0 Å². The number of sulfonamides is 1. The van der Waals surface area contributed by atoms with Crippen molar-refractivity contribution in [3.8, 4) is 5.75 Å². The van der Waals surface area contributed by atoms with Crippen LogP contribution in [0.2, 0.25) is 0 Å². The van der Waals surface area contributed by atoms with E-state index in [2.05, 4.69) is 0 Å². The van der Waals surface area contributed by atoms with Crippen LogP contribution in [-0.2, 0) is 26.3 Å². The molecule has 8 heteroatoms. The van der Waals surface area contributed by atoms with E-state index in [-0.39, 0.29) is 23.1 Å². The first-order valence-corrected chi connectivity index (χ1v) is 11.2. The van der Waals surface area contributed by atoms with E-state index in [1.54, 1.807) is 12.1 Å². The van der Waals surface area contributed by atoms with E-state index < -0.39 is 19.9 Å². The number of nitrogens with zero attached hydrogens (tertiary/aromatic N) is 1. The van der Waals surface area contributed by atoms with Crippen LogP contribution in [0.3, 0.4) is 0 Å². The smallest absolute Gasteiger partial charge is 0.246 e. The Morgan fingerprint density at radius 3 is 2.78 bits per heavy atom. The molecule has 0 spiro atoms. The van der Waals surface area contributed by atoms with Crippen LogP contribution in [0.1, 0.15) is 18.4 Å². The van der Waals surface area contributed by atoms with E-state index in [9.17, 15) is 16.8 Å². The van der Waals surface area contributed by atoms with Crippen molar-refractivity contribution in [1.29, 1.82) is 0 Å². The third-order valence-corrected chi connectivity index (χ3v) is 7.28.